The Bertz CT molecular complexity index is 860. The van der Waals surface area contributed by atoms with Crippen LogP contribution in [0.1, 0.15) is 37.1 Å². The summed E-state index contributed by atoms with van der Waals surface area (Å²) in [6.45, 7) is 2.74. The summed E-state index contributed by atoms with van der Waals surface area (Å²) >= 11 is 0. The number of hydrogen-bond acceptors (Lipinski definition) is 3. The highest BCUT2D eigenvalue weighted by Gasteiger charge is 2.12. The molecule has 0 bridgehead atoms. The number of halogens is 1. The molecule has 1 heterocycles. The van der Waals surface area contributed by atoms with Gasteiger partial charge in [0.05, 0.1) is 6.20 Å². The zero-order chi connectivity index (χ0) is 19.1. The lowest BCUT2D eigenvalue weighted by molar-refractivity contribution is -0.121. The topological polar surface area (TPSA) is 55.1 Å². The SMILES string of the molecule is CCC(CNC(=O)CCc1ncc(-c2ccc(F)cc2)o1)c1ccccc1. The van der Waals surface area contributed by atoms with Crippen molar-refractivity contribution in [2.45, 2.75) is 32.1 Å². The predicted octanol–water partition coefficient (Wildman–Crippen LogP) is 4.72. The van der Waals surface area contributed by atoms with E-state index in [0.29, 0.717) is 37.0 Å². The number of nitrogens with zero attached hydrogens (tertiary/aromatic N) is 1. The molecule has 0 fully saturated rings. The van der Waals surface area contributed by atoms with Crippen LogP contribution in [-0.2, 0) is 11.2 Å². The number of carbonyl (C=O) groups excluding carboxylic acids is 1. The molecule has 4 nitrogen and oxygen atoms in total. The molecule has 2 aromatic carbocycles. The number of carbonyl (C=O) groups is 1. The highest BCUT2D eigenvalue weighted by atomic mass is 19.1. The highest BCUT2D eigenvalue weighted by molar-refractivity contribution is 5.76. The predicted molar refractivity (Wildman–Crippen MR) is 103 cm³/mol. The lowest BCUT2D eigenvalue weighted by atomic mass is 9.96. The van der Waals surface area contributed by atoms with Crippen molar-refractivity contribution in [1.29, 1.82) is 0 Å². The molecule has 0 aliphatic rings. The van der Waals surface area contributed by atoms with Crippen LogP contribution >= 0.6 is 0 Å². The second kappa shape index (κ2) is 9.12. The van der Waals surface area contributed by atoms with Gasteiger partial charge in [-0.05, 0) is 36.2 Å². The van der Waals surface area contributed by atoms with Crippen LogP contribution in [0.25, 0.3) is 11.3 Å². The molecule has 3 rings (SSSR count). The molecular weight excluding hydrogens is 343 g/mol. The van der Waals surface area contributed by atoms with E-state index in [1.807, 2.05) is 18.2 Å². The van der Waals surface area contributed by atoms with Crippen molar-refractivity contribution < 1.29 is 13.6 Å². The third kappa shape index (κ3) is 5.26. The van der Waals surface area contributed by atoms with Crippen molar-refractivity contribution in [3.8, 4) is 11.3 Å². The molecule has 0 aliphatic carbocycles. The van der Waals surface area contributed by atoms with E-state index in [-0.39, 0.29) is 11.7 Å². The summed E-state index contributed by atoms with van der Waals surface area (Å²) in [5.74, 6) is 1.06. The largest absolute Gasteiger partial charge is 0.441 e. The number of oxazole rings is 1. The van der Waals surface area contributed by atoms with Gasteiger partial charge in [0.1, 0.15) is 5.82 Å². The molecule has 1 amide bonds. The Labute approximate surface area is 158 Å². The lowest BCUT2D eigenvalue weighted by Gasteiger charge is -2.16. The highest BCUT2D eigenvalue weighted by Crippen LogP contribution is 2.21. The van der Waals surface area contributed by atoms with Crippen LogP contribution in [0.2, 0.25) is 0 Å². The fraction of sp³-hybridized carbons (Fsp3) is 0.273. The van der Waals surface area contributed by atoms with Gasteiger partial charge in [-0.3, -0.25) is 4.79 Å². The summed E-state index contributed by atoms with van der Waals surface area (Å²) in [5.41, 5.74) is 1.99. The molecule has 0 saturated heterocycles. The minimum Gasteiger partial charge on any atom is -0.441 e. The maximum Gasteiger partial charge on any atom is 0.220 e. The Hall–Kier alpha value is -2.95. The Morgan fingerprint density at radius 3 is 2.59 bits per heavy atom. The Morgan fingerprint density at radius 2 is 1.89 bits per heavy atom. The fourth-order valence-electron chi connectivity index (χ4n) is 2.94. The maximum atomic E-state index is 13.0. The first-order chi connectivity index (χ1) is 13.2. The van der Waals surface area contributed by atoms with Crippen LogP contribution in [0.3, 0.4) is 0 Å². The maximum absolute atomic E-state index is 13.0. The molecular formula is C22H23FN2O2. The lowest BCUT2D eigenvalue weighted by Crippen LogP contribution is -2.28. The second-order valence-electron chi connectivity index (χ2n) is 6.45. The van der Waals surface area contributed by atoms with Crippen molar-refractivity contribution >= 4 is 5.91 Å². The average Bonchev–Trinajstić information content (AvgIpc) is 3.17. The smallest absolute Gasteiger partial charge is 0.220 e. The Kier molecular flexibility index (Phi) is 6.36. The molecule has 1 aromatic heterocycles. The van der Waals surface area contributed by atoms with Gasteiger partial charge in [0, 0.05) is 30.9 Å². The summed E-state index contributed by atoms with van der Waals surface area (Å²) in [6, 6.07) is 16.2. The number of hydrogen-bond donors (Lipinski definition) is 1. The van der Waals surface area contributed by atoms with Crippen molar-refractivity contribution in [1.82, 2.24) is 10.3 Å². The first-order valence-corrected chi connectivity index (χ1v) is 9.18. The summed E-state index contributed by atoms with van der Waals surface area (Å²) in [7, 11) is 0. The number of rotatable bonds is 8. The van der Waals surface area contributed by atoms with E-state index in [9.17, 15) is 9.18 Å². The van der Waals surface area contributed by atoms with Crippen LogP contribution in [0.4, 0.5) is 4.39 Å². The first kappa shape index (κ1) is 18.8. The van der Waals surface area contributed by atoms with Crippen LogP contribution in [0.15, 0.2) is 65.2 Å². The van der Waals surface area contributed by atoms with Crippen molar-refractivity contribution in [2.24, 2.45) is 0 Å². The zero-order valence-corrected chi connectivity index (χ0v) is 15.3. The van der Waals surface area contributed by atoms with E-state index in [1.165, 1.54) is 17.7 Å². The van der Waals surface area contributed by atoms with Crippen LogP contribution in [0.5, 0.6) is 0 Å². The molecule has 5 heteroatoms. The number of benzene rings is 2. The molecule has 27 heavy (non-hydrogen) atoms. The van der Waals surface area contributed by atoms with Crippen molar-refractivity contribution in [2.75, 3.05) is 6.54 Å². The number of amides is 1. The summed E-state index contributed by atoms with van der Waals surface area (Å²) in [4.78, 5) is 16.4. The third-order valence-corrected chi connectivity index (χ3v) is 4.56. The summed E-state index contributed by atoms with van der Waals surface area (Å²) in [6.07, 6.45) is 3.30. The van der Waals surface area contributed by atoms with Gasteiger partial charge in [-0.15, -0.1) is 0 Å². The van der Waals surface area contributed by atoms with Gasteiger partial charge in [-0.2, -0.15) is 0 Å². The summed E-state index contributed by atoms with van der Waals surface area (Å²) in [5, 5.41) is 3.00. The minimum absolute atomic E-state index is 0.0223. The second-order valence-corrected chi connectivity index (χ2v) is 6.45. The molecule has 0 radical (unpaired) electrons. The van der Waals surface area contributed by atoms with Crippen molar-refractivity contribution in [3.63, 3.8) is 0 Å². The van der Waals surface area contributed by atoms with E-state index >= 15 is 0 Å². The van der Waals surface area contributed by atoms with Crippen LogP contribution in [0, 0.1) is 5.82 Å². The minimum atomic E-state index is -0.295. The van der Waals surface area contributed by atoms with Gasteiger partial charge in [0.15, 0.2) is 11.7 Å². The molecule has 0 spiro atoms. The number of nitrogens with one attached hydrogen (secondary N) is 1. The van der Waals surface area contributed by atoms with Crippen LogP contribution < -0.4 is 5.32 Å². The van der Waals surface area contributed by atoms with Gasteiger partial charge in [-0.25, -0.2) is 9.37 Å². The average molecular weight is 366 g/mol. The monoisotopic (exact) mass is 366 g/mol. The standard InChI is InChI=1S/C22H23FN2O2/c1-2-16(17-6-4-3-5-7-17)14-24-21(26)12-13-22-25-15-20(27-22)18-8-10-19(23)11-9-18/h3-11,15-16H,2,12-14H2,1H3,(H,24,26). The van der Waals surface area contributed by atoms with E-state index in [4.69, 9.17) is 4.42 Å². The van der Waals surface area contributed by atoms with E-state index in [2.05, 4.69) is 29.4 Å². The molecule has 140 valence electrons. The quantitative estimate of drug-likeness (QED) is 0.627. The van der Waals surface area contributed by atoms with E-state index in [0.717, 1.165) is 12.0 Å². The van der Waals surface area contributed by atoms with E-state index in [1.54, 1.807) is 18.3 Å². The molecule has 3 aromatic rings. The number of aryl methyl sites for hydroxylation is 1. The molecule has 1 atom stereocenters. The Morgan fingerprint density at radius 1 is 1.15 bits per heavy atom. The van der Waals surface area contributed by atoms with Gasteiger partial charge in [-0.1, -0.05) is 37.3 Å². The first-order valence-electron chi connectivity index (χ1n) is 9.18. The number of aromatic nitrogens is 1. The zero-order valence-electron chi connectivity index (χ0n) is 15.3. The van der Waals surface area contributed by atoms with Crippen LogP contribution in [-0.4, -0.2) is 17.4 Å². The van der Waals surface area contributed by atoms with Gasteiger partial charge < -0.3 is 9.73 Å². The summed E-state index contributed by atoms with van der Waals surface area (Å²) < 4.78 is 18.7. The normalized spacial score (nSPS) is 11.9. The van der Waals surface area contributed by atoms with Gasteiger partial charge in [0.2, 0.25) is 5.91 Å². The third-order valence-electron chi connectivity index (χ3n) is 4.56. The van der Waals surface area contributed by atoms with Crippen molar-refractivity contribution in [3.05, 3.63) is 78.1 Å². The Balaban J connectivity index is 1.48. The van der Waals surface area contributed by atoms with Gasteiger partial charge >= 0.3 is 0 Å². The fourth-order valence-corrected chi connectivity index (χ4v) is 2.94. The molecule has 0 aliphatic heterocycles. The van der Waals surface area contributed by atoms with E-state index < -0.39 is 0 Å². The molecule has 1 unspecified atom stereocenters. The molecule has 0 saturated carbocycles. The van der Waals surface area contributed by atoms with Gasteiger partial charge in [0.25, 0.3) is 0 Å². The molecule has 1 N–H and O–H groups in total.